The quantitative estimate of drug-likeness (QED) is 0.909. The maximum atomic E-state index is 13.1. The Kier molecular flexibility index (Phi) is 3.56. The van der Waals surface area contributed by atoms with Gasteiger partial charge < -0.3 is 5.32 Å². The minimum atomic E-state index is -0.221. The van der Waals surface area contributed by atoms with Gasteiger partial charge in [-0.1, -0.05) is 30.3 Å². The summed E-state index contributed by atoms with van der Waals surface area (Å²) in [6.45, 7) is 2.68. The van der Waals surface area contributed by atoms with Crippen LogP contribution in [0.3, 0.4) is 0 Å². The smallest absolute Gasteiger partial charge is 0.322 e. The molecule has 1 atom stereocenters. The fourth-order valence-electron chi connectivity index (χ4n) is 3.73. The Morgan fingerprint density at radius 2 is 1.92 bits per heavy atom. The average Bonchev–Trinajstić information content (AvgIpc) is 3.29. The molecule has 1 heterocycles. The van der Waals surface area contributed by atoms with E-state index in [1.165, 1.54) is 17.7 Å². The monoisotopic (exact) mass is 324 g/mol. The van der Waals surface area contributed by atoms with E-state index in [0.29, 0.717) is 6.54 Å². The van der Waals surface area contributed by atoms with Gasteiger partial charge in [-0.2, -0.15) is 0 Å². The first-order valence-electron chi connectivity index (χ1n) is 8.50. The Hall–Kier alpha value is -2.36. The molecule has 1 N–H and O–H groups in total. The van der Waals surface area contributed by atoms with Crippen LogP contribution < -0.4 is 10.2 Å². The number of amides is 2. The Balaban J connectivity index is 1.47. The molecule has 1 fully saturated rings. The number of nitrogens with one attached hydrogen (secondary N) is 1. The third-order valence-corrected chi connectivity index (χ3v) is 5.31. The van der Waals surface area contributed by atoms with Crippen molar-refractivity contribution in [3.8, 4) is 0 Å². The molecule has 124 valence electrons. The summed E-state index contributed by atoms with van der Waals surface area (Å²) in [5.41, 5.74) is 3.32. The molecule has 1 aliphatic carbocycles. The Morgan fingerprint density at radius 3 is 2.62 bits per heavy atom. The third-order valence-electron chi connectivity index (χ3n) is 5.31. The van der Waals surface area contributed by atoms with E-state index < -0.39 is 0 Å². The summed E-state index contributed by atoms with van der Waals surface area (Å²) in [5.74, 6) is -0.221. The van der Waals surface area contributed by atoms with Crippen molar-refractivity contribution in [3.63, 3.8) is 0 Å². The molecule has 1 unspecified atom stereocenters. The summed E-state index contributed by atoms with van der Waals surface area (Å²) in [5, 5.41) is 3.11. The second-order valence-electron chi connectivity index (χ2n) is 7.00. The number of carbonyl (C=O) groups is 1. The summed E-state index contributed by atoms with van der Waals surface area (Å²) >= 11 is 0. The highest BCUT2D eigenvalue weighted by atomic mass is 19.1. The van der Waals surface area contributed by atoms with Gasteiger partial charge in [-0.3, -0.25) is 4.90 Å². The minimum Gasteiger partial charge on any atom is -0.337 e. The predicted molar refractivity (Wildman–Crippen MR) is 92.8 cm³/mol. The number of halogens is 1. The van der Waals surface area contributed by atoms with E-state index in [0.717, 1.165) is 30.5 Å². The highest BCUT2D eigenvalue weighted by molar-refractivity contribution is 5.95. The number of benzene rings is 2. The van der Waals surface area contributed by atoms with Gasteiger partial charge in [0.2, 0.25) is 0 Å². The molecule has 0 saturated heterocycles. The van der Waals surface area contributed by atoms with Crippen LogP contribution >= 0.6 is 0 Å². The maximum Gasteiger partial charge on any atom is 0.322 e. The maximum absolute atomic E-state index is 13.1. The van der Waals surface area contributed by atoms with Gasteiger partial charge in [0.1, 0.15) is 5.82 Å². The Bertz CT molecular complexity index is 767. The van der Waals surface area contributed by atoms with Crippen LogP contribution in [-0.4, -0.2) is 18.6 Å². The molecule has 0 aromatic heterocycles. The van der Waals surface area contributed by atoms with Crippen molar-refractivity contribution in [1.82, 2.24) is 5.32 Å². The highest BCUT2D eigenvalue weighted by Gasteiger charge is 2.45. The highest BCUT2D eigenvalue weighted by Crippen LogP contribution is 2.47. The van der Waals surface area contributed by atoms with E-state index in [2.05, 4.69) is 18.3 Å². The van der Waals surface area contributed by atoms with Gasteiger partial charge in [0.05, 0.1) is 0 Å². The van der Waals surface area contributed by atoms with E-state index in [4.69, 9.17) is 0 Å². The standard InChI is InChI=1S/C20H21FN2O/c1-14-12-15-4-2-3-5-18(15)23(14)19(24)22-13-20(10-11-20)16-6-8-17(21)9-7-16/h2-9,14H,10-13H2,1H3,(H,22,24). The zero-order valence-corrected chi connectivity index (χ0v) is 13.8. The third kappa shape index (κ3) is 2.56. The lowest BCUT2D eigenvalue weighted by Crippen LogP contribution is -2.45. The molecule has 4 heteroatoms. The van der Waals surface area contributed by atoms with Crippen LogP contribution in [0.1, 0.15) is 30.9 Å². The average molecular weight is 324 g/mol. The molecule has 0 bridgehead atoms. The molecule has 0 radical (unpaired) electrons. The zero-order valence-electron chi connectivity index (χ0n) is 13.8. The topological polar surface area (TPSA) is 32.3 Å². The van der Waals surface area contributed by atoms with Crippen LogP contribution in [0, 0.1) is 5.82 Å². The number of nitrogens with zero attached hydrogens (tertiary/aromatic N) is 1. The zero-order chi connectivity index (χ0) is 16.7. The number of hydrogen-bond acceptors (Lipinski definition) is 1. The predicted octanol–water partition coefficient (Wildman–Crippen LogP) is 4.02. The molecule has 2 amide bonds. The number of urea groups is 1. The van der Waals surface area contributed by atoms with Gasteiger partial charge >= 0.3 is 6.03 Å². The largest absolute Gasteiger partial charge is 0.337 e. The van der Waals surface area contributed by atoms with Gasteiger partial charge in [-0.05, 0) is 55.5 Å². The van der Waals surface area contributed by atoms with E-state index >= 15 is 0 Å². The second kappa shape index (κ2) is 5.62. The van der Waals surface area contributed by atoms with Gasteiger partial charge in [0, 0.05) is 23.7 Å². The van der Waals surface area contributed by atoms with Crippen molar-refractivity contribution in [3.05, 3.63) is 65.5 Å². The number of fused-ring (bicyclic) bond motifs is 1. The molecule has 24 heavy (non-hydrogen) atoms. The first-order valence-corrected chi connectivity index (χ1v) is 8.50. The normalized spacial score (nSPS) is 20.6. The molecule has 0 spiro atoms. The van der Waals surface area contributed by atoms with Crippen LogP contribution in [-0.2, 0) is 11.8 Å². The van der Waals surface area contributed by atoms with E-state index in [9.17, 15) is 9.18 Å². The number of para-hydroxylation sites is 1. The van der Waals surface area contributed by atoms with Crippen molar-refractivity contribution in [2.75, 3.05) is 11.4 Å². The number of hydrogen-bond donors (Lipinski definition) is 1. The number of rotatable bonds is 3. The minimum absolute atomic E-state index is 0.0220. The summed E-state index contributed by atoms with van der Waals surface area (Å²) < 4.78 is 13.1. The van der Waals surface area contributed by atoms with Gasteiger partial charge in [-0.25, -0.2) is 9.18 Å². The Labute approximate surface area is 141 Å². The molecule has 4 rings (SSSR count). The second-order valence-corrected chi connectivity index (χ2v) is 7.00. The number of anilines is 1. The van der Waals surface area contributed by atoms with Crippen LogP contribution in [0.15, 0.2) is 48.5 Å². The van der Waals surface area contributed by atoms with Gasteiger partial charge in [0.25, 0.3) is 0 Å². The molecular weight excluding hydrogens is 303 g/mol. The summed E-state index contributed by atoms with van der Waals surface area (Å²) in [6, 6.07) is 14.9. The molecule has 1 saturated carbocycles. The van der Waals surface area contributed by atoms with Crippen molar-refractivity contribution in [2.24, 2.45) is 0 Å². The first-order chi connectivity index (χ1) is 11.6. The van der Waals surface area contributed by atoms with Crippen LogP contribution in [0.4, 0.5) is 14.9 Å². The lowest BCUT2D eigenvalue weighted by Gasteiger charge is -2.25. The molecule has 2 aliphatic rings. The molecular formula is C20H21FN2O. The number of carbonyl (C=O) groups excluding carboxylic acids is 1. The SMILES string of the molecule is CC1Cc2ccccc2N1C(=O)NCC1(c2ccc(F)cc2)CC1. The van der Waals surface area contributed by atoms with Crippen LogP contribution in [0.25, 0.3) is 0 Å². The van der Waals surface area contributed by atoms with Crippen molar-refractivity contribution in [2.45, 2.75) is 37.6 Å². The molecule has 2 aromatic rings. The van der Waals surface area contributed by atoms with E-state index in [1.54, 1.807) is 0 Å². The molecule has 1 aliphatic heterocycles. The van der Waals surface area contributed by atoms with Gasteiger partial charge in [0.15, 0.2) is 0 Å². The summed E-state index contributed by atoms with van der Waals surface area (Å²) in [6.07, 6.45) is 2.96. The van der Waals surface area contributed by atoms with Crippen LogP contribution in [0.2, 0.25) is 0 Å². The first kappa shape index (κ1) is 15.2. The fraction of sp³-hybridized carbons (Fsp3) is 0.350. The van der Waals surface area contributed by atoms with Crippen molar-refractivity contribution >= 4 is 11.7 Å². The summed E-state index contributed by atoms with van der Waals surface area (Å²) in [7, 11) is 0. The molecule has 3 nitrogen and oxygen atoms in total. The van der Waals surface area contributed by atoms with E-state index in [1.807, 2.05) is 35.2 Å². The van der Waals surface area contributed by atoms with Crippen LogP contribution in [0.5, 0.6) is 0 Å². The molecule has 2 aromatic carbocycles. The lowest BCUT2D eigenvalue weighted by molar-refractivity contribution is 0.244. The van der Waals surface area contributed by atoms with E-state index in [-0.39, 0.29) is 23.3 Å². The fourth-order valence-corrected chi connectivity index (χ4v) is 3.73. The Morgan fingerprint density at radius 1 is 1.21 bits per heavy atom. The lowest BCUT2D eigenvalue weighted by atomic mass is 9.96. The van der Waals surface area contributed by atoms with Crippen molar-refractivity contribution < 1.29 is 9.18 Å². The summed E-state index contributed by atoms with van der Waals surface area (Å²) in [4.78, 5) is 14.6. The van der Waals surface area contributed by atoms with Crippen molar-refractivity contribution in [1.29, 1.82) is 0 Å². The van der Waals surface area contributed by atoms with Gasteiger partial charge in [-0.15, -0.1) is 0 Å².